The molecule has 0 bridgehead atoms. The lowest BCUT2D eigenvalue weighted by Crippen LogP contribution is -2.34. The van der Waals surface area contributed by atoms with Crippen LogP contribution in [0.1, 0.15) is 19.3 Å². The number of carbonyl (C=O) groups excluding carboxylic acids is 1. The van der Waals surface area contributed by atoms with Crippen LogP contribution in [0, 0.1) is 23.2 Å². The molecular weight excluding hydrogens is 183 g/mol. The summed E-state index contributed by atoms with van der Waals surface area (Å²) < 4.78 is 36.7. The Morgan fingerprint density at radius 1 is 1.46 bits per heavy atom. The maximum Gasteiger partial charge on any atom is 0.393 e. The number of Topliss-reactive ketones (excluding diaryl/α,β-unsaturated/α-hetero) is 1. The normalized spacial score (nSPS) is 29.8. The Kier molecular flexibility index (Phi) is 2.60. The molecule has 0 N–H and O–H groups in total. The quantitative estimate of drug-likeness (QED) is 0.588. The highest BCUT2D eigenvalue weighted by atomic mass is 19.4. The lowest BCUT2D eigenvalue weighted by Gasteiger charge is -2.27. The Bertz CT molecular complexity index is 253. The van der Waals surface area contributed by atoms with Gasteiger partial charge in [0.2, 0.25) is 0 Å². The Labute approximate surface area is 73.3 Å². The molecule has 0 aromatic rings. The number of nitriles is 1. The molecule has 0 spiro atoms. The van der Waals surface area contributed by atoms with Crippen molar-refractivity contribution >= 4 is 5.78 Å². The second-order valence-electron chi connectivity index (χ2n) is 3.17. The predicted molar refractivity (Wildman–Crippen MR) is 37.5 cm³/mol. The average molecular weight is 191 g/mol. The fourth-order valence-electron chi connectivity index (χ4n) is 1.53. The maximum atomic E-state index is 12.2. The summed E-state index contributed by atoms with van der Waals surface area (Å²) in [6.45, 7) is 0. The highest BCUT2D eigenvalue weighted by Crippen LogP contribution is 2.39. The van der Waals surface area contributed by atoms with Gasteiger partial charge in [-0.05, 0) is 6.42 Å². The molecule has 1 saturated carbocycles. The Morgan fingerprint density at radius 3 is 2.54 bits per heavy atom. The number of nitrogens with zero attached hydrogens (tertiary/aromatic N) is 1. The Balaban J connectivity index is 2.76. The third-order valence-electron chi connectivity index (χ3n) is 2.25. The van der Waals surface area contributed by atoms with E-state index in [4.69, 9.17) is 5.26 Å². The van der Waals surface area contributed by atoms with Crippen molar-refractivity contribution in [2.24, 2.45) is 11.8 Å². The van der Waals surface area contributed by atoms with E-state index in [1.165, 1.54) is 0 Å². The monoisotopic (exact) mass is 191 g/mol. The summed E-state index contributed by atoms with van der Waals surface area (Å²) in [4.78, 5) is 10.8. The highest BCUT2D eigenvalue weighted by Gasteiger charge is 2.47. The van der Waals surface area contributed by atoms with E-state index in [2.05, 4.69) is 0 Å². The molecule has 0 aromatic carbocycles. The second-order valence-corrected chi connectivity index (χ2v) is 3.17. The largest absolute Gasteiger partial charge is 0.393 e. The van der Waals surface area contributed by atoms with Gasteiger partial charge in [-0.2, -0.15) is 18.4 Å². The maximum absolute atomic E-state index is 12.2. The first-order valence-electron chi connectivity index (χ1n) is 3.93. The van der Waals surface area contributed by atoms with Gasteiger partial charge in [-0.3, -0.25) is 4.79 Å². The van der Waals surface area contributed by atoms with Crippen molar-refractivity contribution in [2.75, 3.05) is 0 Å². The summed E-state index contributed by atoms with van der Waals surface area (Å²) in [6, 6.07) is 1.55. The molecule has 72 valence electrons. The molecule has 0 radical (unpaired) electrons. The zero-order valence-corrected chi connectivity index (χ0v) is 6.77. The molecule has 0 saturated heterocycles. The van der Waals surface area contributed by atoms with Gasteiger partial charge >= 0.3 is 6.18 Å². The van der Waals surface area contributed by atoms with E-state index in [1.54, 1.807) is 6.07 Å². The number of hydrogen-bond donors (Lipinski definition) is 0. The lowest BCUT2D eigenvalue weighted by atomic mass is 9.79. The van der Waals surface area contributed by atoms with E-state index >= 15 is 0 Å². The van der Waals surface area contributed by atoms with E-state index in [0.29, 0.717) is 0 Å². The van der Waals surface area contributed by atoms with Crippen LogP contribution in [0.25, 0.3) is 0 Å². The van der Waals surface area contributed by atoms with E-state index in [1.807, 2.05) is 0 Å². The van der Waals surface area contributed by atoms with Crippen molar-refractivity contribution < 1.29 is 18.0 Å². The average Bonchev–Trinajstić information content (AvgIpc) is 2.01. The van der Waals surface area contributed by atoms with Crippen molar-refractivity contribution in [2.45, 2.75) is 25.4 Å². The molecule has 1 rings (SSSR count). The summed E-state index contributed by atoms with van der Waals surface area (Å²) in [5, 5.41) is 8.44. The van der Waals surface area contributed by atoms with Gasteiger partial charge in [-0.15, -0.1) is 0 Å². The lowest BCUT2D eigenvalue weighted by molar-refractivity contribution is -0.190. The summed E-state index contributed by atoms with van der Waals surface area (Å²) in [6.07, 6.45) is -4.88. The van der Waals surface area contributed by atoms with Crippen LogP contribution < -0.4 is 0 Å². The van der Waals surface area contributed by atoms with Crippen LogP contribution in [0.15, 0.2) is 0 Å². The SMILES string of the molecule is N#CC1CC(=O)CCC1C(F)(F)F. The van der Waals surface area contributed by atoms with Crippen LogP contribution in [-0.4, -0.2) is 12.0 Å². The molecule has 13 heavy (non-hydrogen) atoms. The third-order valence-corrected chi connectivity index (χ3v) is 2.25. The van der Waals surface area contributed by atoms with Crippen LogP contribution >= 0.6 is 0 Å². The Morgan fingerprint density at radius 2 is 2.08 bits per heavy atom. The molecular formula is C8H8F3NO. The van der Waals surface area contributed by atoms with Crippen LogP contribution in [0.3, 0.4) is 0 Å². The van der Waals surface area contributed by atoms with E-state index in [-0.39, 0.29) is 25.0 Å². The first-order chi connectivity index (χ1) is 5.95. The number of ketones is 1. The summed E-state index contributed by atoms with van der Waals surface area (Å²) in [5.74, 6) is -3.04. The molecule has 1 aliphatic rings. The fourth-order valence-corrected chi connectivity index (χ4v) is 1.53. The topological polar surface area (TPSA) is 40.9 Å². The second kappa shape index (κ2) is 3.36. The van der Waals surface area contributed by atoms with Crippen LogP contribution in [-0.2, 0) is 4.79 Å². The smallest absolute Gasteiger partial charge is 0.300 e. The van der Waals surface area contributed by atoms with Gasteiger partial charge in [-0.25, -0.2) is 0 Å². The summed E-state index contributed by atoms with van der Waals surface area (Å²) in [7, 11) is 0. The number of alkyl halides is 3. The van der Waals surface area contributed by atoms with Gasteiger partial charge in [0.15, 0.2) is 0 Å². The minimum absolute atomic E-state index is 0.0532. The van der Waals surface area contributed by atoms with Gasteiger partial charge in [0.1, 0.15) is 5.78 Å². The molecule has 0 aliphatic heterocycles. The molecule has 0 aromatic heterocycles. The minimum Gasteiger partial charge on any atom is -0.300 e. The van der Waals surface area contributed by atoms with Crippen molar-refractivity contribution in [1.82, 2.24) is 0 Å². The molecule has 0 heterocycles. The van der Waals surface area contributed by atoms with Crippen molar-refractivity contribution in [1.29, 1.82) is 5.26 Å². The molecule has 2 nitrogen and oxygen atoms in total. The van der Waals surface area contributed by atoms with Crippen LogP contribution in [0.4, 0.5) is 13.2 Å². The van der Waals surface area contributed by atoms with Gasteiger partial charge in [-0.1, -0.05) is 0 Å². The van der Waals surface area contributed by atoms with E-state index < -0.39 is 18.0 Å². The van der Waals surface area contributed by atoms with E-state index in [9.17, 15) is 18.0 Å². The minimum atomic E-state index is -4.35. The Hall–Kier alpha value is -1.05. The number of halogens is 3. The van der Waals surface area contributed by atoms with Crippen molar-refractivity contribution in [3.8, 4) is 6.07 Å². The first-order valence-corrected chi connectivity index (χ1v) is 3.93. The first kappa shape index (κ1) is 10.0. The summed E-state index contributed by atoms with van der Waals surface area (Å²) >= 11 is 0. The number of carbonyl (C=O) groups is 1. The number of rotatable bonds is 0. The van der Waals surface area contributed by atoms with Gasteiger partial charge in [0.05, 0.1) is 17.9 Å². The standard InChI is InChI=1S/C8H8F3NO/c9-8(10,11)7-2-1-6(13)3-5(7)4-12/h5,7H,1-3H2. The van der Waals surface area contributed by atoms with E-state index in [0.717, 1.165) is 0 Å². The molecule has 2 unspecified atom stereocenters. The zero-order chi connectivity index (χ0) is 10.1. The fraction of sp³-hybridized carbons (Fsp3) is 0.750. The van der Waals surface area contributed by atoms with Gasteiger partial charge in [0.25, 0.3) is 0 Å². The van der Waals surface area contributed by atoms with Crippen LogP contribution in [0.2, 0.25) is 0 Å². The summed E-state index contributed by atoms with van der Waals surface area (Å²) in [5.41, 5.74) is 0. The highest BCUT2D eigenvalue weighted by molar-refractivity contribution is 5.79. The van der Waals surface area contributed by atoms with Crippen molar-refractivity contribution in [3.63, 3.8) is 0 Å². The molecule has 1 aliphatic carbocycles. The zero-order valence-electron chi connectivity index (χ0n) is 6.77. The molecule has 1 fully saturated rings. The van der Waals surface area contributed by atoms with Crippen molar-refractivity contribution in [3.05, 3.63) is 0 Å². The predicted octanol–water partition coefficient (Wildman–Crippen LogP) is 2.06. The van der Waals surface area contributed by atoms with Gasteiger partial charge in [0, 0.05) is 12.8 Å². The number of hydrogen-bond acceptors (Lipinski definition) is 2. The molecule has 0 amide bonds. The molecule has 2 atom stereocenters. The van der Waals surface area contributed by atoms with Gasteiger partial charge < -0.3 is 0 Å². The molecule has 5 heteroatoms. The van der Waals surface area contributed by atoms with Crippen LogP contribution in [0.5, 0.6) is 0 Å². The third kappa shape index (κ3) is 2.20.